The summed E-state index contributed by atoms with van der Waals surface area (Å²) in [7, 11) is 1.99. The Morgan fingerprint density at radius 2 is 1.96 bits per heavy atom. The quantitative estimate of drug-likeness (QED) is 0.824. The molecule has 0 spiro atoms. The number of halogens is 1. The molecule has 2 unspecified atom stereocenters. The molecule has 1 N–H and O–H groups in total. The number of benzene rings is 1. The maximum absolute atomic E-state index is 13.1. The number of rotatable bonds is 7. The second-order valence-corrected chi connectivity index (χ2v) is 7.77. The van der Waals surface area contributed by atoms with E-state index in [2.05, 4.69) is 26.9 Å². The summed E-state index contributed by atoms with van der Waals surface area (Å²) in [5, 5.41) is 3.29. The van der Waals surface area contributed by atoms with Crippen LogP contribution < -0.4 is 5.32 Å². The highest BCUT2D eigenvalue weighted by atomic mass is 32.2. The topological polar surface area (TPSA) is 18.5 Å². The first kappa shape index (κ1) is 17.2. The zero-order valence-corrected chi connectivity index (χ0v) is 14.8. The van der Waals surface area contributed by atoms with E-state index in [1.165, 1.54) is 43.1 Å². The van der Waals surface area contributed by atoms with Crippen molar-refractivity contribution in [2.24, 2.45) is 0 Å². The largest absolute Gasteiger partial charge is 0.319 e. The molecule has 0 aliphatic carbocycles. The molecule has 128 valence electrons. The summed E-state index contributed by atoms with van der Waals surface area (Å²) in [6, 6.07) is 7.03. The van der Waals surface area contributed by atoms with Gasteiger partial charge in [0.1, 0.15) is 5.82 Å². The first-order valence-electron chi connectivity index (χ1n) is 8.74. The predicted octanol–water partition coefficient (Wildman–Crippen LogP) is 2.60. The number of nitrogens with zero attached hydrogens (tertiary/aromatic N) is 2. The Balaban J connectivity index is 1.53. The van der Waals surface area contributed by atoms with Crippen molar-refractivity contribution in [1.29, 1.82) is 0 Å². The minimum Gasteiger partial charge on any atom is -0.319 e. The average molecular weight is 338 g/mol. The monoisotopic (exact) mass is 337 g/mol. The van der Waals surface area contributed by atoms with Gasteiger partial charge in [-0.1, -0.05) is 12.1 Å². The highest BCUT2D eigenvalue weighted by Gasteiger charge is 2.33. The molecule has 3 rings (SSSR count). The Hall–Kier alpha value is -0.620. The van der Waals surface area contributed by atoms with E-state index in [4.69, 9.17) is 0 Å². The molecule has 1 aromatic rings. The van der Waals surface area contributed by atoms with E-state index in [-0.39, 0.29) is 5.82 Å². The normalized spacial score (nSPS) is 24.3. The second-order valence-electron chi connectivity index (χ2n) is 6.55. The van der Waals surface area contributed by atoms with Gasteiger partial charge in [-0.3, -0.25) is 9.80 Å². The van der Waals surface area contributed by atoms with Gasteiger partial charge in [0.2, 0.25) is 0 Å². The lowest BCUT2D eigenvalue weighted by molar-refractivity contribution is -0.0310. The Labute approximate surface area is 143 Å². The third kappa shape index (κ3) is 4.47. The summed E-state index contributed by atoms with van der Waals surface area (Å²) in [5.74, 6) is 2.87. The first-order valence-corrected chi connectivity index (χ1v) is 9.89. The zero-order valence-electron chi connectivity index (χ0n) is 14.0. The van der Waals surface area contributed by atoms with Crippen molar-refractivity contribution in [3.05, 3.63) is 35.6 Å². The van der Waals surface area contributed by atoms with Crippen LogP contribution in [0.1, 0.15) is 24.3 Å². The van der Waals surface area contributed by atoms with Crippen LogP contribution >= 0.6 is 11.8 Å². The van der Waals surface area contributed by atoms with Crippen LogP contribution in [-0.4, -0.2) is 67.2 Å². The minimum atomic E-state index is -0.150. The molecule has 5 heteroatoms. The van der Waals surface area contributed by atoms with Crippen molar-refractivity contribution in [2.75, 3.05) is 51.3 Å². The van der Waals surface area contributed by atoms with Gasteiger partial charge in [-0.2, -0.15) is 11.8 Å². The number of hydrogen-bond acceptors (Lipinski definition) is 4. The van der Waals surface area contributed by atoms with Crippen LogP contribution in [-0.2, 0) is 0 Å². The molecule has 1 aromatic carbocycles. The predicted molar refractivity (Wildman–Crippen MR) is 96.6 cm³/mol. The van der Waals surface area contributed by atoms with Crippen molar-refractivity contribution >= 4 is 11.8 Å². The Morgan fingerprint density at radius 3 is 2.57 bits per heavy atom. The molecule has 0 amide bonds. The lowest BCUT2D eigenvalue weighted by Crippen LogP contribution is -2.59. The Kier molecular flexibility index (Phi) is 6.34. The fourth-order valence-electron chi connectivity index (χ4n) is 3.67. The third-order valence-corrected chi connectivity index (χ3v) is 6.06. The van der Waals surface area contributed by atoms with Crippen LogP contribution in [0.4, 0.5) is 4.39 Å². The van der Waals surface area contributed by atoms with Crippen LogP contribution in [0.5, 0.6) is 0 Å². The third-order valence-electron chi connectivity index (χ3n) is 5.12. The van der Waals surface area contributed by atoms with Crippen molar-refractivity contribution in [1.82, 2.24) is 15.1 Å². The molecular formula is C18H28FN3S. The molecule has 0 aromatic heterocycles. The summed E-state index contributed by atoms with van der Waals surface area (Å²) in [4.78, 5) is 5.28. The summed E-state index contributed by atoms with van der Waals surface area (Å²) >= 11 is 2.08. The molecule has 0 bridgehead atoms. The second kappa shape index (κ2) is 8.47. The van der Waals surface area contributed by atoms with E-state index in [1.807, 2.05) is 19.2 Å². The smallest absolute Gasteiger partial charge is 0.123 e. The van der Waals surface area contributed by atoms with Gasteiger partial charge in [0.05, 0.1) is 6.17 Å². The summed E-state index contributed by atoms with van der Waals surface area (Å²) in [5.41, 5.74) is 1.24. The van der Waals surface area contributed by atoms with E-state index in [9.17, 15) is 4.39 Å². The first-order chi connectivity index (χ1) is 11.3. The van der Waals surface area contributed by atoms with Crippen LogP contribution in [0.2, 0.25) is 0 Å². The van der Waals surface area contributed by atoms with E-state index in [1.54, 1.807) is 12.1 Å². The van der Waals surface area contributed by atoms with Crippen LogP contribution in [0.3, 0.4) is 0 Å². The Bertz CT molecular complexity index is 476. The average Bonchev–Trinajstić information content (AvgIpc) is 2.55. The van der Waals surface area contributed by atoms with Crippen molar-refractivity contribution in [2.45, 2.75) is 24.9 Å². The maximum Gasteiger partial charge on any atom is 0.123 e. The van der Waals surface area contributed by atoms with Crippen molar-refractivity contribution in [3.8, 4) is 0 Å². The molecule has 23 heavy (non-hydrogen) atoms. The minimum absolute atomic E-state index is 0.150. The lowest BCUT2D eigenvalue weighted by atomic mass is 9.94. The molecule has 2 heterocycles. The van der Waals surface area contributed by atoms with Crippen LogP contribution in [0.25, 0.3) is 0 Å². The molecule has 2 saturated heterocycles. The number of likely N-dealkylation sites (tertiary alicyclic amines) is 1. The number of likely N-dealkylation sites (N-methyl/N-ethyl adjacent to an activating group) is 1. The van der Waals surface area contributed by atoms with Gasteiger partial charge < -0.3 is 5.32 Å². The molecule has 2 aliphatic heterocycles. The summed E-state index contributed by atoms with van der Waals surface area (Å²) in [6.07, 6.45) is 3.11. The van der Waals surface area contributed by atoms with E-state index in [0.29, 0.717) is 12.1 Å². The van der Waals surface area contributed by atoms with Gasteiger partial charge in [0.15, 0.2) is 0 Å². The van der Waals surface area contributed by atoms with E-state index in [0.717, 1.165) is 19.5 Å². The van der Waals surface area contributed by atoms with Gasteiger partial charge in [0.25, 0.3) is 0 Å². The van der Waals surface area contributed by atoms with Gasteiger partial charge in [0, 0.05) is 44.2 Å². The van der Waals surface area contributed by atoms with Crippen LogP contribution in [0.15, 0.2) is 24.3 Å². The zero-order chi connectivity index (χ0) is 16.1. The molecule has 2 fully saturated rings. The van der Waals surface area contributed by atoms with Crippen molar-refractivity contribution < 1.29 is 4.39 Å². The summed E-state index contributed by atoms with van der Waals surface area (Å²) in [6.45, 7) is 5.79. The highest BCUT2D eigenvalue weighted by Crippen LogP contribution is 2.27. The van der Waals surface area contributed by atoms with Crippen LogP contribution in [0, 0.1) is 5.82 Å². The maximum atomic E-state index is 13.1. The van der Waals surface area contributed by atoms with Gasteiger partial charge >= 0.3 is 0 Å². The standard InChI is InChI=1S/C18H28FN3S/c1-20-14-16(15-2-4-17(19)5-3-15)6-8-21-9-7-18(21)22-10-12-23-13-11-22/h2-5,16,18,20H,6-14H2,1H3. The number of nitrogens with one attached hydrogen (secondary N) is 1. The lowest BCUT2D eigenvalue weighted by Gasteiger charge is -2.49. The number of hydrogen-bond donors (Lipinski definition) is 1. The Morgan fingerprint density at radius 1 is 1.22 bits per heavy atom. The molecular weight excluding hydrogens is 309 g/mol. The van der Waals surface area contributed by atoms with Gasteiger partial charge in [-0.05, 0) is 43.5 Å². The highest BCUT2D eigenvalue weighted by molar-refractivity contribution is 7.99. The van der Waals surface area contributed by atoms with Gasteiger partial charge in [-0.25, -0.2) is 4.39 Å². The van der Waals surface area contributed by atoms with E-state index < -0.39 is 0 Å². The van der Waals surface area contributed by atoms with E-state index >= 15 is 0 Å². The fourth-order valence-corrected chi connectivity index (χ4v) is 4.60. The SMILES string of the molecule is CNCC(CCN1CCC1N1CCSCC1)c1ccc(F)cc1. The molecule has 0 radical (unpaired) electrons. The number of thioether (sulfide) groups is 1. The summed E-state index contributed by atoms with van der Waals surface area (Å²) < 4.78 is 13.1. The molecule has 2 atom stereocenters. The molecule has 2 aliphatic rings. The fraction of sp³-hybridized carbons (Fsp3) is 0.667. The molecule has 0 saturated carbocycles. The van der Waals surface area contributed by atoms with Crippen molar-refractivity contribution in [3.63, 3.8) is 0 Å². The molecule has 3 nitrogen and oxygen atoms in total. The van der Waals surface area contributed by atoms with Gasteiger partial charge in [-0.15, -0.1) is 0 Å².